The minimum absolute atomic E-state index is 0.284. The summed E-state index contributed by atoms with van der Waals surface area (Å²) in [6, 6.07) is 22.8. The summed E-state index contributed by atoms with van der Waals surface area (Å²) in [6.45, 7) is 3.66. The fourth-order valence-corrected chi connectivity index (χ4v) is 7.24. The first-order valence-electron chi connectivity index (χ1n) is 12.5. The van der Waals surface area contributed by atoms with Gasteiger partial charge in [-0.3, -0.25) is 19.8 Å². The number of H-pyrrole nitrogens is 2. The first-order chi connectivity index (χ1) is 19.4. The summed E-state index contributed by atoms with van der Waals surface area (Å²) in [5, 5.41) is 7.92. The zero-order valence-electron chi connectivity index (χ0n) is 21.3. The van der Waals surface area contributed by atoms with Gasteiger partial charge in [-0.05, 0) is 49.7 Å². The van der Waals surface area contributed by atoms with Crippen LogP contribution >= 0.6 is 34.3 Å². The Morgan fingerprint density at radius 3 is 1.62 bits per heavy atom. The van der Waals surface area contributed by atoms with E-state index >= 15 is 0 Å². The van der Waals surface area contributed by atoms with E-state index in [-0.39, 0.29) is 11.1 Å². The van der Waals surface area contributed by atoms with Crippen molar-refractivity contribution < 1.29 is 0 Å². The SMILES string of the molecule is Cc1[nH]n(-c2nc3ccccc3s2)c(=O)c1C(c1ccccc1Cl)c1c(C)[nH]n(-c2nc3ccccc3s2)c1=O. The molecule has 0 aliphatic heterocycles. The number of halogens is 1. The minimum Gasteiger partial charge on any atom is -0.293 e. The van der Waals surface area contributed by atoms with E-state index in [9.17, 15) is 9.59 Å². The number of nitrogens with one attached hydrogen (secondary N) is 2. The van der Waals surface area contributed by atoms with Crippen molar-refractivity contribution in [1.82, 2.24) is 29.5 Å². The second-order valence-electron chi connectivity index (χ2n) is 9.46. The molecule has 0 atom stereocenters. The van der Waals surface area contributed by atoms with E-state index in [0.29, 0.717) is 43.4 Å². The van der Waals surface area contributed by atoms with Crippen molar-refractivity contribution in [2.24, 2.45) is 0 Å². The Kier molecular flexibility index (Phi) is 5.85. The maximum absolute atomic E-state index is 14.1. The number of hydrogen-bond acceptors (Lipinski definition) is 6. The molecule has 0 bridgehead atoms. The summed E-state index contributed by atoms with van der Waals surface area (Å²) in [6.07, 6.45) is 0. The number of rotatable bonds is 5. The summed E-state index contributed by atoms with van der Waals surface area (Å²) < 4.78 is 4.85. The zero-order valence-corrected chi connectivity index (χ0v) is 23.7. The quantitative estimate of drug-likeness (QED) is 0.247. The number of thiazole rings is 2. The van der Waals surface area contributed by atoms with Gasteiger partial charge in [-0.1, -0.05) is 76.7 Å². The van der Waals surface area contributed by atoms with Gasteiger partial charge >= 0.3 is 0 Å². The molecule has 2 N–H and O–H groups in total. The van der Waals surface area contributed by atoms with Crippen LogP contribution in [0.25, 0.3) is 30.7 Å². The van der Waals surface area contributed by atoms with Crippen molar-refractivity contribution in [2.45, 2.75) is 19.8 Å². The Morgan fingerprint density at radius 2 is 1.15 bits per heavy atom. The zero-order chi connectivity index (χ0) is 27.5. The maximum atomic E-state index is 14.1. The van der Waals surface area contributed by atoms with Gasteiger partial charge in [0.2, 0.25) is 10.3 Å². The average Bonchev–Trinajstić information content (AvgIpc) is 3.70. The van der Waals surface area contributed by atoms with E-state index < -0.39 is 5.92 Å². The second kappa shape index (κ2) is 9.44. The van der Waals surface area contributed by atoms with Crippen molar-refractivity contribution in [3.8, 4) is 10.3 Å². The molecule has 7 rings (SSSR count). The third-order valence-corrected chi connectivity index (χ3v) is 9.36. The van der Waals surface area contributed by atoms with Crippen LogP contribution in [0.15, 0.2) is 82.4 Å². The number of aromatic amines is 2. The third kappa shape index (κ3) is 3.87. The lowest BCUT2D eigenvalue weighted by Crippen LogP contribution is -2.25. The number of benzene rings is 3. The molecule has 0 unspecified atom stereocenters. The second-order valence-corrected chi connectivity index (χ2v) is 11.9. The highest BCUT2D eigenvalue weighted by Gasteiger charge is 2.32. The van der Waals surface area contributed by atoms with Crippen molar-refractivity contribution >= 4 is 54.7 Å². The lowest BCUT2D eigenvalue weighted by atomic mass is 9.85. The Bertz CT molecular complexity index is 1980. The molecule has 4 aromatic heterocycles. The van der Waals surface area contributed by atoms with Crippen LogP contribution in [0.3, 0.4) is 0 Å². The number of aromatic nitrogens is 6. The van der Waals surface area contributed by atoms with E-state index in [1.807, 2.05) is 80.6 Å². The van der Waals surface area contributed by atoms with Crippen molar-refractivity contribution in [1.29, 1.82) is 0 Å². The number of nitrogens with zero attached hydrogens (tertiary/aromatic N) is 4. The van der Waals surface area contributed by atoms with E-state index in [1.165, 1.54) is 32.0 Å². The number of fused-ring (bicyclic) bond motifs is 2. The average molecular weight is 585 g/mol. The molecular formula is C29H21ClN6O2S2. The summed E-state index contributed by atoms with van der Waals surface area (Å²) in [5.41, 5.74) is 3.83. The van der Waals surface area contributed by atoms with Crippen LogP contribution in [0.2, 0.25) is 5.02 Å². The molecule has 40 heavy (non-hydrogen) atoms. The normalized spacial score (nSPS) is 11.8. The van der Waals surface area contributed by atoms with E-state index in [4.69, 9.17) is 11.6 Å². The van der Waals surface area contributed by atoms with Gasteiger partial charge in [-0.2, -0.15) is 9.36 Å². The van der Waals surface area contributed by atoms with Gasteiger partial charge in [-0.25, -0.2) is 9.97 Å². The molecule has 0 spiro atoms. The first-order valence-corrected chi connectivity index (χ1v) is 14.5. The van der Waals surface area contributed by atoms with Crippen LogP contribution in [0.4, 0.5) is 0 Å². The van der Waals surface area contributed by atoms with Crippen molar-refractivity contribution in [3.63, 3.8) is 0 Å². The van der Waals surface area contributed by atoms with Crippen LogP contribution in [0, 0.1) is 13.8 Å². The molecule has 0 radical (unpaired) electrons. The molecule has 3 aromatic carbocycles. The fraction of sp³-hybridized carbons (Fsp3) is 0.103. The monoisotopic (exact) mass is 584 g/mol. The van der Waals surface area contributed by atoms with Crippen LogP contribution in [0.5, 0.6) is 0 Å². The predicted molar refractivity (Wildman–Crippen MR) is 161 cm³/mol. The van der Waals surface area contributed by atoms with Gasteiger partial charge in [0.15, 0.2) is 0 Å². The summed E-state index contributed by atoms with van der Waals surface area (Å²) in [7, 11) is 0. The topological polar surface area (TPSA) is 101 Å². The van der Waals surface area contributed by atoms with Gasteiger partial charge < -0.3 is 0 Å². The van der Waals surface area contributed by atoms with Gasteiger partial charge in [0.05, 0.1) is 37.5 Å². The molecule has 0 fully saturated rings. The standard InChI is InChI=1S/C29H21ClN6O2S2/c1-15-23(26(37)35(33-15)28-31-19-11-5-7-13-21(19)39-28)25(17-9-3-4-10-18(17)30)24-16(2)34-36(27(24)38)29-32-20-12-6-8-14-22(20)40-29/h3-14,25,33-34H,1-2H3. The van der Waals surface area contributed by atoms with Gasteiger partial charge in [-0.15, -0.1) is 0 Å². The third-order valence-electron chi connectivity index (χ3n) is 6.98. The molecule has 0 saturated heterocycles. The largest absolute Gasteiger partial charge is 0.293 e. The Balaban J connectivity index is 1.45. The van der Waals surface area contributed by atoms with Gasteiger partial charge in [0.25, 0.3) is 11.1 Å². The smallest absolute Gasteiger partial charge is 0.277 e. The van der Waals surface area contributed by atoms with Crippen LogP contribution in [-0.4, -0.2) is 29.5 Å². The molecular weight excluding hydrogens is 564 g/mol. The molecule has 0 amide bonds. The Hall–Kier alpha value is -4.25. The van der Waals surface area contributed by atoms with Crippen molar-refractivity contribution in [3.05, 3.63) is 127 Å². The molecule has 198 valence electrons. The predicted octanol–water partition coefficient (Wildman–Crippen LogP) is 6.31. The number of hydrogen-bond donors (Lipinski definition) is 2. The fourth-order valence-electron chi connectivity index (χ4n) is 5.14. The molecule has 0 saturated carbocycles. The first kappa shape index (κ1) is 24.8. The molecule has 4 heterocycles. The van der Waals surface area contributed by atoms with E-state index in [2.05, 4.69) is 20.2 Å². The molecule has 8 nitrogen and oxygen atoms in total. The summed E-state index contributed by atoms with van der Waals surface area (Å²) in [4.78, 5) is 37.5. The number of aryl methyl sites for hydroxylation is 2. The summed E-state index contributed by atoms with van der Waals surface area (Å²) in [5.74, 6) is -0.729. The Labute approximate surface area is 240 Å². The lowest BCUT2D eigenvalue weighted by Gasteiger charge is -2.17. The molecule has 7 aromatic rings. The molecule has 0 aliphatic rings. The van der Waals surface area contributed by atoms with Crippen LogP contribution in [-0.2, 0) is 0 Å². The maximum Gasteiger partial charge on any atom is 0.277 e. The lowest BCUT2D eigenvalue weighted by molar-refractivity contribution is 0.824. The van der Waals surface area contributed by atoms with E-state index in [1.54, 1.807) is 6.07 Å². The highest BCUT2D eigenvalue weighted by atomic mass is 35.5. The minimum atomic E-state index is -0.729. The van der Waals surface area contributed by atoms with Gasteiger partial charge in [0.1, 0.15) is 0 Å². The van der Waals surface area contributed by atoms with Gasteiger partial charge in [0, 0.05) is 16.4 Å². The Morgan fingerprint density at radius 1 is 0.700 bits per heavy atom. The molecule has 11 heteroatoms. The van der Waals surface area contributed by atoms with Crippen molar-refractivity contribution in [2.75, 3.05) is 0 Å². The summed E-state index contributed by atoms with van der Waals surface area (Å²) >= 11 is 9.56. The van der Waals surface area contributed by atoms with Crippen LogP contribution < -0.4 is 11.1 Å². The van der Waals surface area contributed by atoms with Crippen LogP contribution in [0.1, 0.15) is 34.0 Å². The highest BCUT2D eigenvalue weighted by Crippen LogP contribution is 2.36. The highest BCUT2D eigenvalue weighted by molar-refractivity contribution is 7.21. The van der Waals surface area contributed by atoms with E-state index in [0.717, 1.165) is 20.4 Å². The molecule has 0 aliphatic carbocycles. The number of para-hydroxylation sites is 2.